The van der Waals surface area contributed by atoms with E-state index in [0.29, 0.717) is 10.8 Å². The minimum Gasteiger partial charge on any atom is -0.372 e. The summed E-state index contributed by atoms with van der Waals surface area (Å²) in [5, 5.41) is 22.0. The average Bonchev–Trinajstić information content (AvgIpc) is 3.33. The van der Waals surface area contributed by atoms with Gasteiger partial charge in [-0.15, -0.1) is 15.3 Å². The molecule has 9 heteroatoms. The van der Waals surface area contributed by atoms with E-state index in [1.165, 1.54) is 11.8 Å². The smallest absolute Gasteiger partial charge is 0.217 e. The summed E-state index contributed by atoms with van der Waals surface area (Å²) in [5.74, 6) is 0.762. The van der Waals surface area contributed by atoms with Crippen molar-refractivity contribution < 1.29 is 0 Å². The van der Waals surface area contributed by atoms with Crippen LogP contribution in [0.3, 0.4) is 0 Å². The van der Waals surface area contributed by atoms with Crippen LogP contribution in [0.5, 0.6) is 0 Å². The maximum atomic E-state index is 4.58. The minimum atomic E-state index is 0.711. The first-order chi connectivity index (χ1) is 13.7. The second-order valence-electron chi connectivity index (χ2n) is 6.30. The number of anilines is 1. The molecule has 28 heavy (non-hydrogen) atoms. The first-order valence-electron chi connectivity index (χ1n) is 8.66. The Morgan fingerprint density at radius 1 is 1.00 bits per heavy atom. The molecular weight excluding hydrogens is 372 g/mol. The lowest BCUT2D eigenvalue weighted by Crippen LogP contribution is -1.99. The topological polar surface area (TPSA) is 85.8 Å². The monoisotopic (exact) mass is 388 g/mol. The van der Waals surface area contributed by atoms with Gasteiger partial charge in [0.2, 0.25) is 5.16 Å². The number of nitrogens with zero attached hydrogens (tertiary/aromatic N) is 7. The summed E-state index contributed by atoms with van der Waals surface area (Å²) in [6.45, 7) is 0. The van der Waals surface area contributed by atoms with Crippen molar-refractivity contribution in [3.8, 4) is 11.1 Å². The van der Waals surface area contributed by atoms with E-state index in [-0.39, 0.29) is 0 Å². The molecule has 4 aromatic heterocycles. The van der Waals surface area contributed by atoms with Gasteiger partial charge >= 0.3 is 0 Å². The Morgan fingerprint density at radius 3 is 2.75 bits per heavy atom. The summed E-state index contributed by atoms with van der Waals surface area (Å²) >= 11 is 1.52. The van der Waals surface area contributed by atoms with E-state index in [1.54, 1.807) is 9.20 Å². The average molecular weight is 388 g/mol. The molecule has 4 heterocycles. The second kappa shape index (κ2) is 6.61. The van der Waals surface area contributed by atoms with Gasteiger partial charge in [-0.25, -0.2) is 0 Å². The molecule has 0 aliphatic carbocycles. The van der Waals surface area contributed by atoms with Crippen LogP contribution >= 0.6 is 11.8 Å². The van der Waals surface area contributed by atoms with Crippen LogP contribution in [-0.2, 0) is 7.05 Å². The van der Waals surface area contributed by atoms with Gasteiger partial charge in [-0.1, -0.05) is 0 Å². The van der Waals surface area contributed by atoms with Crippen molar-refractivity contribution in [2.75, 3.05) is 12.4 Å². The van der Waals surface area contributed by atoms with Crippen LogP contribution < -0.4 is 5.32 Å². The summed E-state index contributed by atoms with van der Waals surface area (Å²) in [7, 11) is 3.74. The molecule has 0 aliphatic rings. The van der Waals surface area contributed by atoms with Gasteiger partial charge in [0, 0.05) is 47.9 Å². The fourth-order valence-corrected chi connectivity index (χ4v) is 3.81. The fourth-order valence-electron chi connectivity index (χ4n) is 2.97. The molecule has 0 fully saturated rings. The Kier molecular flexibility index (Phi) is 3.94. The first-order valence-corrected chi connectivity index (χ1v) is 9.48. The predicted molar refractivity (Wildman–Crippen MR) is 108 cm³/mol. The molecule has 0 radical (unpaired) electrons. The van der Waals surface area contributed by atoms with Crippen molar-refractivity contribution in [2.45, 2.75) is 10.1 Å². The number of fused-ring (bicyclic) bond motifs is 2. The van der Waals surface area contributed by atoms with Gasteiger partial charge in [-0.3, -0.25) is 9.67 Å². The molecule has 138 valence electrons. The van der Waals surface area contributed by atoms with Gasteiger partial charge in [-0.05, 0) is 48.2 Å². The van der Waals surface area contributed by atoms with Gasteiger partial charge < -0.3 is 5.32 Å². The molecule has 0 bridgehead atoms. The lowest BCUT2D eigenvalue weighted by molar-refractivity contribution is 0.768. The Balaban J connectivity index is 1.52. The van der Waals surface area contributed by atoms with Gasteiger partial charge in [0.15, 0.2) is 5.65 Å². The van der Waals surface area contributed by atoms with Crippen LogP contribution in [0.25, 0.3) is 27.7 Å². The van der Waals surface area contributed by atoms with E-state index in [0.717, 1.165) is 32.7 Å². The summed E-state index contributed by atoms with van der Waals surface area (Å²) in [4.78, 5) is 5.62. The molecule has 0 aliphatic heterocycles. The van der Waals surface area contributed by atoms with Crippen molar-refractivity contribution in [3.05, 3.63) is 55.0 Å². The van der Waals surface area contributed by atoms with E-state index in [2.05, 4.69) is 42.8 Å². The zero-order chi connectivity index (χ0) is 19.1. The number of hydrogen-bond donors (Lipinski definition) is 1. The number of aryl methyl sites for hydroxylation is 1. The van der Waals surface area contributed by atoms with Crippen LogP contribution in [0.2, 0.25) is 0 Å². The third-order valence-corrected chi connectivity index (χ3v) is 5.32. The number of rotatable bonds is 4. The molecule has 5 rings (SSSR count). The Labute approximate surface area is 164 Å². The van der Waals surface area contributed by atoms with Gasteiger partial charge in [0.25, 0.3) is 0 Å². The van der Waals surface area contributed by atoms with Gasteiger partial charge in [0.1, 0.15) is 5.82 Å². The maximum absolute atomic E-state index is 4.58. The Bertz CT molecular complexity index is 1310. The molecule has 0 saturated carbocycles. The summed E-state index contributed by atoms with van der Waals surface area (Å²) in [5.41, 5.74) is 3.74. The molecule has 0 spiro atoms. The standard InChI is InChI=1S/C19H16N8S/c1-20-17-5-6-18-23-24-19(27(18)25-17)28-15-3-4-16-12(8-15)7-13(9-21-16)14-10-22-26(2)11-14/h3-11H,1-2H3,(H,20,25). The predicted octanol–water partition coefficient (Wildman–Crippen LogP) is 3.27. The lowest BCUT2D eigenvalue weighted by Gasteiger charge is -2.05. The quantitative estimate of drug-likeness (QED) is 0.506. The third kappa shape index (κ3) is 2.95. The minimum absolute atomic E-state index is 0.711. The molecule has 1 aromatic carbocycles. The number of benzene rings is 1. The van der Waals surface area contributed by atoms with Crippen molar-refractivity contribution >= 4 is 34.1 Å². The molecule has 5 aromatic rings. The van der Waals surface area contributed by atoms with Crippen LogP contribution in [0.15, 0.2) is 65.0 Å². The molecule has 1 N–H and O–H groups in total. The third-order valence-electron chi connectivity index (χ3n) is 4.39. The highest BCUT2D eigenvalue weighted by Crippen LogP contribution is 2.30. The second-order valence-corrected chi connectivity index (χ2v) is 7.35. The highest BCUT2D eigenvalue weighted by Gasteiger charge is 2.10. The Morgan fingerprint density at radius 2 is 1.93 bits per heavy atom. The van der Waals surface area contributed by atoms with Crippen LogP contribution in [0.4, 0.5) is 5.82 Å². The lowest BCUT2D eigenvalue weighted by atomic mass is 10.1. The van der Waals surface area contributed by atoms with Crippen molar-refractivity contribution in [1.82, 2.24) is 34.6 Å². The number of nitrogens with one attached hydrogen (secondary N) is 1. The van der Waals surface area contributed by atoms with Gasteiger partial charge in [0.05, 0.1) is 11.7 Å². The number of hydrogen-bond acceptors (Lipinski definition) is 7. The van der Waals surface area contributed by atoms with Crippen molar-refractivity contribution in [1.29, 1.82) is 0 Å². The van der Waals surface area contributed by atoms with Crippen LogP contribution in [-0.4, -0.2) is 41.6 Å². The van der Waals surface area contributed by atoms with E-state index >= 15 is 0 Å². The SMILES string of the molecule is CNc1ccc2nnc(Sc3ccc4ncc(-c5cnn(C)c5)cc4c3)n2n1. The molecule has 0 unspecified atom stereocenters. The fraction of sp³-hybridized carbons (Fsp3) is 0.105. The molecule has 0 amide bonds. The molecule has 8 nitrogen and oxygen atoms in total. The highest BCUT2D eigenvalue weighted by atomic mass is 32.2. The van der Waals surface area contributed by atoms with Crippen molar-refractivity contribution in [2.24, 2.45) is 7.05 Å². The first kappa shape index (κ1) is 16.7. The number of pyridine rings is 1. The van der Waals surface area contributed by atoms with Crippen LogP contribution in [0.1, 0.15) is 0 Å². The van der Waals surface area contributed by atoms with Crippen LogP contribution in [0, 0.1) is 0 Å². The maximum Gasteiger partial charge on any atom is 0.217 e. The van der Waals surface area contributed by atoms with E-state index in [4.69, 9.17) is 0 Å². The molecule has 0 saturated heterocycles. The number of aromatic nitrogens is 7. The van der Waals surface area contributed by atoms with E-state index < -0.39 is 0 Å². The summed E-state index contributed by atoms with van der Waals surface area (Å²) in [6.07, 6.45) is 5.70. The highest BCUT2D eigenvalue weighted by molar-refractivity contribution is 7.99. The Hall–Kier alpha value is -3.46. The molecule has 0 atom stereocenters. The van der Waals surface area contributed by atoms with Gasteiger partial charge in [-0.2, -0.15) is 9.61 Å². The molecular formula is C19H16N8S. The largest absolute Gasteiger partial charge is 0.372 e. The van der Waals surface area contributed by atoms with E-state index in [9.17, 15) is 0 Å². The normalized spacial score (nSPS) is 11.4. The summed E-state index contributed by atoms with van der Waals surface area (Å²) < 4.78 is 3.53. The summed E-state index contributed by atoms with van der Waals surface area (Å²) in [6, 6.07) is 12.0. The van der Waals surface area contributed by atoms with Crippen molar-refractivity contribution in [3.63, 3.8) is 0 Å². The zero-order valence-electron chi connectivity index (χ0n) is 15.2. The zero-order valence-corrected chi connectivity index (χ0v) is 16.1. The van der Waals surface area contributed by atoms with E-state index in [1.807, 2.05) is 57.0 Å².